The Morgan fingerprint density at radius 3 is 2.00 bits per heavy atom. The number of nitrogens with zero attached hydrogens (tertiary/aromatic N) is 5. The second-order valence-corrected chi connectivity index (χ2v) is 12.9. The Morgan fingerprint density at radius 1 is 0.720 bits per heavy atom. The molecule has 0 radical (unpaired) electrons. The molecule has 1 aliphatic heterocycles. The van der Waals surface area contributed by atoms with Gasteiger partial charge in [0.25, 0.3) is 0 Å². The Balaban J connectivity index is 1.11. The van der Waals surface area contributed by atoms with Crippen molar-refractivity contribution in [3.63, 3.8) is 0 Å². The lowest BCUT2D eigenvalue weighted by atomic mass is 9.89. The Kier molecular flexibility index (Phi) is 8.70. The predicted molar refractivity (Wildman–Crippen MR) is 200 cm³/mol. The number of hydrogen-bond acceptors (Lipinski definition) is 4. The number of carbonyl (C=O) groups excluding carboxylic acids is 1. The molecule has 0 N–H and O–H groups in total. The van der Waals surface area contributed by atoms with Gasteiger partial charge in [0.1, 0.15) is 24.0 Å². The number of likely N-dealkylation sites (tertiary alicyclic amines) is 1. The van der Waals surface area contributed by atoms with Crippen LogP contribution in [0.2, 0.25) is 0 Å². The summed E-state index contributed by atoms with van der Waals surface area (Å²) >= 11 is 0. The fourth-order valence-corrected chi connectivity index (χ4v) is 7.33. The van der Waals surface area contributed by atoms with Crippen LogP contribution in [0.1, 0.15) is 24.4 Å². The molecule has 8 rings (SSSR count). The fourth-order valence-electron chi connectivity index (χ4n) is 7.33. The average Bonchev–Trinajstić information content (AvgIpc) is 3.75. The zero-order valence-corrected chi connectivity index (χ0v) is 27.9. The molecule has 3 heterocycles. The number of carbonyl (C=O) groups is 1. The summed E-state index contributed by atoms with van der Waals surface area (Å²) in [6.45, 7) is 6.29. The van der Waals surface area contributed by atoms with Crippen LogP contribution >= 0.6 is 0 Å². The summed E-state index contributed by atoms with van der Waals surface area (Å²) in [5, 5.41) is 0. The molecule has 1 atom stereocenters. The van der Waals surface area contributed by atoms with Crippen molar-refractivity contribution >= 4 is 28.0 Å². The minimum absolute atomic E-state index is 0.00617. The van der Waals surface area contributed by atoms with Gasteiger partial charge in [-0.3, -0.25) is 4.79 Å². The van der Waals surface area contributed by atoms with Crippen LogP contribution in [0.25, 0.3) is 44.8 Å². The van der Waals surface area contributed by atoms with Crippen LogP contribution in [-0.2, 0) is 11.3 Å². The monoisotopic (exact) mass is 657 g/mol. The molecular weight excluding hydrogens is 619 g/mol. The first-order chi connectivity index (χ1) is 24.7. The minimum atomic E-state index is -0.00769. The van der Waals surface area contributed by atoms with E-state index in [-0.39, 0.29) is 17.9 Å². The van der Waals surface area contributed by atoms with Gasteiger partial charge in [-0.1, -0.05) is 91.5 Å². The highest BCUT2D eigenvalue weighted by atomic mass is 16.5. The van der Waals surface area contributed by atoms with Gasteiger partial charge >= 0.3 is 0 Å². The zero-order valence-electron chi connectivity index (χ0n) is 27.9. The largest absolute Gasteiger partial charge is 0.491 e. The van der Waals surface area contributed by atoms with E-state index in [1.807, 2.05) is 41.3 Å². The summed E-state index contributed by atoms with van der Waals surface area (Å²) in [5.74, 6) is 2.93. The van der Waals surface area contributed by atoms with Gasteiger partial charge in [-0.05, 0) is 78.9 Å². The van der Waals surface area contributed by atoms with Crippen molar-refractivity contribution in [2.45, 2.75) is 25.4 Å². The molecule has 0 spiro atoms. The van der Waals surface area contributed by atoms with Gasteiger partial charge in [0.05, 0.1) is 28.1 Å². The lowest BCUT2D eigenvalue weighted by Crippen LogP contribution is -2.40. The molecule has 1 saturated heterocycles. The molecular formula is C43H39N5O2. The van der Waals surface area contributed by atoms with E-state index in [9.17, 15) is 4.79 Å². The molecule has 1 fully saturated rings. The van der Waals surface area contributed by atoms with Gasteiger partial charge in [-0.15, -0.1) is 0 Å². The third kappa shape index (κ3) is 6.18. The van der Waals surface area contributed by atoms with Crippen LogP contribution in [-0.4, -0.2) is 49.6 Å². The first kappa shape index (κ1) is 31.3. The summed E-state index contributed by atoms with van der Waals surface area (Å²) in [6.07, 6.45) is 3.15. The number of aromatic nitrogens is 4. The second kappa shape index (κ2) is 13.9. The highest BCUT2D eigenvalue weighted by molar-refractivity contribution is 5.87. The van der Waals surface area contributed by atoms with Crippen LogP contribution in [0.3, 0.4) is 0 Å². The topological polar surface area (TPSA) is 65.2 Å². The summed E-state index contributed by atoms with van der Waals surface area (Å²) in [6, 6.07) is 45.8. The quantitative estimate of drug-likeness (QED) is 0.138. The number of ether oxygens (including phenoxy) is 1. The smallest absolute Gasteiger partial charge is 0.245 e. The Hall–Kier alpha value is -5.95. The van der Waals surface area contributed by atoms with Crippen LogP contribution in [0.5, 0.6) is 5.75 Å². The van der Waals surface area contributed by atoms with Gasteiger partial charge < -0.3 is 18.8 Å². The first-order valence-electron chi connectivity index (χ1n) is 17.3. The Morgan fingerprint density at radius 2 is 1.30 bits per heavy atom. The maximum atomic E-state index is 12.5. The number of para-hydroxylation sites is 4. The molecule has 0 bridgehead atoms. The molecule has 7 heteroatoms. The number of imidazole rings is 2. The molecule has 7 nitrogen and oxygen atoms in total. The van der Waals surface area contributed by atoms with E-state index in [0.29, 0.717) is 19.7 Å². The van der Waals surface area contributed by atoms with Gasteiger partial charge in [0.2, 0.25) is 5.91 Å². The normalized spacial score (nSPS) is 14.2. The number of hydrogen-bond donors (Lipinski definition) is 0. The van der Waals surface area contributed by atoms with Crippen molar-refractivity contribution in [2.24, 2.45) is 5.92 Å². The van der Waals surface area contributed by atoms with Crippen molar-refractivity contribution in [1.29, 1.82) is 0 Å². The number of amides is 1. The van der Waals surface area contributed by atoms with Crippen LogP contribution in [0.4, 0.5) is 0 Å². The van der Waals surface area contributed by atoms with Crippen LogP contribution in [0, 0.1) is 5.92 Å². The van der Waals surface area contributed by atoms with E-state index in [0.717, 1.165) is 70.0 Å². The molecule has 5 aromatic carbocycles. The predicted octanol–water partition coefficient (Wildman–Crippen LogP) is 8.81. The number of piperidine rings is 1. The standard InChI is InChI=1S/C43H39N5O2/c1-2-41(49)46-27-25-32(26-28-46)40(48-39-20-12-10-18-37(39)45-43(48)33-15-7-4-8-16-33)30-50-35-23-21-34(22-24-35)42-44-36-17-9-11-19-38(36)47(42)29-31-13-5-3-6-14-31/h2-24,32,40H,1,25-30H2/t40-/m1/s1. The zero-order chi connectivity index (χ0) is 33.9. The Labute approximate surface area is 292 Å². The number of benzene rings is 5. The molecule has 0 unspecified atom stereocenters. The highest BCUT2D eigenvalue weighted by Gasteiger charge is 2.32. The van der Waals surface area contributed by atoms with E-state index in [2.05, 4.69) is 113 Å². The minimum Gasteiger partial charge on any atom is -0.491 e. The van der Waals surface area contributed by atoms with Crippen molar-refractivity contribution in [2.75, 3.05) is 19.7 Å². The van der Waals surface area contributed by atoms with Gasteiger partial charge in [-0.25, -0.2) is 9.97 Å². The Bertz CT molecular complexity index is 2250. The third-order valence-electron chi connectivity index (χ3n) is 9.90. The lowest BCUT2D eigenvalue weighted by Gasteiger charge is -2.37. The molecule has 7 aromatic rings. The van der Waals surface area contributed by atoms with Gasteiger partial charge in [-0.2, -0.15) is 0 Å². The second-order valence-electron chi connectivity index (χ2n) is 12.9. The van der Waals surface area contributed by atoms with Gasteiger partial charge in [0.15, 0.2) is 0 Å². The molecule has 1 amide bonds. The van der Waals surface area contributed by atoms with Crippen molar-refractivity contribution < 1.29 is 9.53 Å². The maximum Gasteiger partial charge on any atom is 0.245 e. The average molecular weight is 658 g/mol. The third-order valence-corrected chi connectivity index (χ3v) is 9.90. The SMILES string of the molecule is C=CC(=O)N1CCC([C@@H](COc2ccc(-c3nc4ccccc4n3Cc3ccccc3)cc2)n2c(-c3ccccc3)nc3ccccc32)CC1. The van der Waals surface area contributed by atoms with E-state index < -0.39 is 0 Å². The molecule has 0 aliphatic carbocycles. The molecule has 1 aliphatic rings. The van der Waals surface area contributed by atoms with Crippen LogP contribution < -0.4 is 4.74 Å². The van der Waals surface area contributed by atoms with Crippen LogP contribution in [0.15, 0.2) is 146 Å². The first-order valence-corrected chi connectivity index (χ1v) is 17.3. The summed E-state index contributed by atoms with van der Waals surface area (Å²) in [5.41, 5.74) is 7.45. The number of rotatable bonds is 10. The van der Waals surface area contributed by atoms with Crippen molar-refractivity contribution in [3.8, 4) is 28.5 Å². The van der Waals surface area contributed by atoms with E-state index >= 15 is 0 Å². The van der Waals surface area contributed by atoms with E-state index in [4.69, 9.17) is 14.7 Å². The lowest BCUT2D eigenvalue weighted by molar-refractivity contribution is -0.127. The van der Waals surface area contributed by atoms with Crippen molar-refractivity contribution in [1.82, 2.24) is 24.0 Å². The van der Waals surface area contributed by atoms with E-state index in [1.165, 1.54) is 11.6 Å². The van der Waals surface area contributed by atoms with E-state index in [1.54, 1.807) is 0 Å². The summed E-state index contributed by atoms with van der Waals surface area (Å²) in [4.78, 5) is 24.5. The summed E-state index contributed by atoms with van der Waals surface area (Å²) < 4.78 is 11.3. The highest BCUT2D eigenvalue weighted by Crippen LogP contribution is 2.37. The molecule has 0 saturated carbocycles. The molecule has 50 heavy (non-hydrogen) atoms. The fraction of sp³-hybridized carbons (Fsp3) is 0.186. The molecule has 2 aromatic heterocycles. The van der Waals surface area contributed by atoms with Gasteiger partial charge in [0, 0.05) is 30.8 Å². The van der Waals surface area contributed by atoms with Crippen molar-refractivity contribution in [3.05, 3.63) is 152 Å². The number of fused-ring (bicyclic) bond motifs is 2. The maximum absolute atomic E-state index is 12.5. The molecule has 248 valence electrons. The summed E-state index contributed by atoms with van der Waals surface area (Å²) in [7, 11) is 0.